The summed E-state index contributed by atoms with van der Waals surface area (Å²) in [4.78, 5) is 13.7. The third-order valence-corrected chi connectivity index (χ3v) is 4.47. The molecule has 2 rings (SSSR count). The molecule has 0 aromatic heterocycles. The molecule has 3 N–H and O–H groups in total. The Hall–Kier alpha value is -0.610. The van der Waals surface area contributed by atoms with E-state index in [9.17, 15) is 9.90 Å². The van der Waals surface area contributed by atoms with Gasteiger partial charge < -0.3 is 10.8 Å². The zero-order valence-electron chi connectivity index (χ0n) is 10.6. The fourth-order valence-electron chi connectivity index (χ4n) is 3.26. The Morgan fingerprint density at radius 1 is 1.18 bits per heavy atom. The van der Waals surface area contributed by atoms with Gasteiger partial charge >= 0.3 is 0 Å². The Morgan fingerprint density at radius 2 is 1.82 bits per heavy atom. The van der Waals surface area contributed by atoms with Gasteiger partial charge in [0.1, 0.15) is 0 Å². The third-order valence-electron chi connectivity index (χ3n) is 4.47. The van der Waals surface area contributed by atoms with Gasteiger partial charge in [0.25, 0.3) is 0 Å². The number of hydrogen-bond acceptors (Lipinski definition) is 3. The van der Waals surface area contributed by atoms with Gasteiger partial charge in [-0.25, -0.2) is 0 Å². The Morgan fingerprint density at radius 3 is 2.41 bits per heavy atom. The topological polar surface area (TPSA) is 66.6 Å². The van der Waals surface area contributed by atoms with E-state index in [4.69, 9.17) is 5.73 Å². The average Bonchev–Trinajstić information content (AvgIpc) is 2.31. The van der Waals surface area contributed by atoms with Gasteiger partial charge in [-0.2, -0.15) is 0 Å². The predicted molar refractivity (Wildman–Crippen MR) is 66.3 cm³/mol. The summed E-state index contributed by atoms with van der Waals surface area (Å²) in [5, 5.41) is 9.54. The smallest absolute Gasteiger partial charge is 0.221 e. The number of aliphatic hydroxyl groups excluding tert-OH is 1. The van der Waals surface area contributed by atoms with Crippen LogP contribution in [0.25, 0.3) is 0 Å². The summed E-state index contributed by atoms with van der Waals surface area (Å²) in [5.41, 5.74) is 5.42. The molecule has 1 saturated carbocycles. The molecule has 1 aliphatic carbocycles. The highest BCUT2D eigenvalue weighted by Crippen LogP contribution is 2.30. The fourth-order valence-corrected chi connectivity index (χ4v) is 3.26. The first kappa shape index (κ1) is 12.8. The molecule has 2 atom stereocenters. The Bertz CT molecular complexity index is 275. The van der Waals surface area contributed by atoms with Crippen LogP contribution in [0.3, 0.4) is 0 Å². The minimum atomic E-state index is -0.155. The number of nitrogens with two attached hydrogens (primary N) is 1. The standard InChI is InChI=1S/C13H24N2O2/c1-9-2-3-10(13(14)17)8-15(9)11-4-6-12(16)7-5-11/h9-12,16H,2-8H2,1H3,(H2,14,17). The van der Waals surface area contributed by atoms with Crippen LogP contribution in [0.2, 0.25) is 0 Å². The van der Waals surface area contributed by atoms with E-state index in [1.165, 1.54) is 0 Å². The second kappa shape index (κ2) is 5.36. The molecule has 2 aliphatic rings. The van der Waals surface area contributed by atoms with Crippen molar-refractivity contribution < 1.29 is 9.90 Å². The van der Waals surface area contributed by atoms with Crippen LogP contribution >= 0.6 is 0 Å². The van der Waals surface area contributed by atoms with Crippen molar-refractivity contribution in [2.75, 3.05) is 6.54 Å². The Labute approximate surface area is 103 Å². The van der Waals surface area contributed by atoms with Crippen LogP contribution < -0.4 is 5.73 Å². The van der Waals surface area contributed by atoms with Gasteiger partial charge in [-0.05, 0) is 45.4 Å². The number of aliphatic hydroxyl groups is 1. The van der Waals surface area contributed by atoms with Gasteiger partial charge in [-0.3, -0.25) is 9.69 Å². The van der Waals surface area contributed by atoms with Gasteiger partial charge in [-0.15, -0.1) is 0 Å². The van der Waals surface area contributed by atoms with Crippen LogP contribution in [0.5, 0.6) is 0 Å². The zero-order valence-corrected chi connectivity index (χ0v) is 10.6. The Kier molecular flexibility index (Phi) is 4.05. The normalized spacial score (nSPS) is 40.1. The molecule has 1 heterocycles. The van der Waals surface area contributed by atoms with Crippen LogP contribution in [-0.2, 0) is 4.79 Å². The molecule has 17 heavy (non-hydrogen) atoms. The molecule has 2 unspecified atom stereocenters. The van der Waals surface area contributed by atoms with Crippen molar-refractivity contribution >= 4 is 5.91 Å². The summed E-state index contributed by atoms with van der Waals surface area (Å²) in [6, 6.07) is 1.08. The Balaban J connectivity index is 1.95. The van der Waals surface area contributed by atoms with E-state index < -0.39 is 0 Å². The molecule has 1 amide bonds. The highest BCUT2D eigenvalue weighted by atomic mass is 16.3. The van der Waals surface area contributed by atoms with Crippen molar-refractivity contribution in [2.45, 2.75) is 63.6 Å². The molecule has 0 bridgehead atoms. The van der Waals surface area contributed by atoms with Crippen LogP contribution in [0.15, 0.2) is 0 Å². The van der Waals surface area contributed by atoms with Crippen LogP contribution in [0.1, 0.15) is 45.4 Å². The van der Waals surface area contributed by atoms with Gasteiger partial charge in [0.2, 0.25) is 5.91 Å². The molecule has 2 fully saturated rings. The van der Waals surface area contributed by atoms with E-state index in [-0.39, 0.29) is 17.9 Å². The number of piperidine rings is 1. The van der Waals surface area contributed by atoms with E-state index >= 15 is 0 Å². The summed E-state index contributed by atoms with van der Waals surface area (Å²) in [6.07, 6.45) is 5.78. The van der Waals surface area contributed by atoms with Crippen molar-refractivity contribution in [1.29, 1.82) is 0 Å². The van der Waals surface area contributed by atoms with Gasteiger partial charge in [-0.1, -0.05) is 0 Å². The molecular weight excluding hydrogens is 216 g/mol. The number of primary amides is 1. The summed E-state index contributed by atoms with van der Waals surface area (Å²) in [5.74, 6) is -0.129. The van der Waals surface area contributed by atoms with Crippen molar-refractivity contribution in [3.05, 3.63) is 0 Å². The lowest BCUT2D eigenvalue weighted by Gasteiger charge is -2.44. The number of nitrogens with zero attached hydrogens (tertiary/aromatic N) is 1. The first-order chi connectivity index (χ1) is 8.08. The first-order valence-electron chi connectivity index (χ1n) is 6.81. The molecule has 4 heteroatoms. The lowest BCUT2D eigenvalue weighted by Crippen LogP contribution is -2.51. The fraction of sp³-hybridized carbons (Fsp3) is 0.923. The molecule has 1 saturated heterocycles. The molecule has 0 aromatic carbocycles. The van der Waals surface area contributed by atoms with E-state index in [1.807, 2.05) is 0 Å². The van der Waals surface area contributed by atoms with E-state index in [0.29, 0.717) is 12.1 Å². The summed E-state index contributed by atoms with van der Waals surface area (Å²) in [7, 11) is 0. The number of carbonyl (C=O) groups excluding carboxylic acids is 1. The number of amides is 1. The quantitative estimate of drug-likeness (QED) is 0.753. The van der Waals surface area contributed by atoms with Gasteiger partial charge in [0.15, 0.2) is 0 Å². The zero-order chi connectivity index (χ0) is 12.4. The second-order valence-corrected chi connectivity index (χ2v) is 5.68. The van der Waals surface area contributed by atoms with Crippen LogP contribution in [-0.4, -0.2) is 40.6 Å². The van der Waals surface area contributed by atoms with Gasteiger partial charge in [0.05, 0.1) is 12.0 Å². The number of hydrogen-bond donors (Lipinski definition) is 2. The molecule has 0 spiro atoms. The van der Waals surface area contributed by atoms with E-state index in [2.05, 4.69) is 11.8 Å². The predicted octanol–water partition coefficient (Wildman–Crippen LogP) is 0.876. The molecule has 4 nitrogen and oxygen atoms in total. The minimum Gasteiger partial charge on any atom is -0.393 e. The summed E-state index contributed by atoms with van der Waals surface area (Å²) >= 11 is 0. The van der Waals surface area contributed by atoms with E-state index in [1.54, 1.807) is 0 Å². The lowest BCUT2D eigenvalue weighted by molar-refractivity contribution is -0.124. The molecule has 98 valence electrons. The largest absolute Gasteiger partial charge is 0.393 e. The second-order valence-electron chi connectivity index (χ2n) is 5.68. The monoisotopic (exact) mass is 240 g/mol. The molecular formula is C13H24N2O2. The van der Waals surface area contributed by atoms with Crippen molar-refractivity contribution in [2.24, 2.45) is 11.7 Å². The summed E-state index contributed by atoms with van der Waals surface area (Å²) < 4.78 is 0. The lowest BCUT2D eigenvalue weighted by atomic mass is 9.86. The van der Waals surface area contributed by atoms with Crippen molar-refractivity contribution in [3.8, 4) is 0 Å². The maximum absolute atomic E-state index is 11.3. The third kappa shape index (κ3) is 2.99. The van der Waals surface area contributed by atoms with Crippen LogP contribution in [0.4, 0.5) is 0 Å². The number of carbonyl (C=O) groups is 1. The SMILES string of the molecule is CC1CCC(C(N)=O)CN1C1CCC(O)CC1. The number of rotatable bonds is 2. The van der Waals surface area contributed by atoms with E-state index in [0.717, 1.165) is 45.1 Å². The minimum absolute atomic E-state index is 0.0260. The highest BCUT2D eigenvalue weighted by Gasteiger charge is 2.34. The number of likely N-dealkylation sites (tertiary alicyclic amines) is 1. The van der Waals surface area contributed by atoms with Crippen LogP contribution in [0, 0.1) is 5.92 Å². The van der Waals surface area contributed by atoms with Crippen molar-refractivity contribution in [1.82, 2.24) is 4.90 Å². The molecule has 1 aliphatic heterocycles. The first-order valence-corrected chi connectivity index (χ1v) is 6.81. The molecule has 0 radical (unpaired) electrons. The maximum atomic E-state index is 11.3. The van der Waals surface area contributed by atoms with Crippen molar-refractivity contribution in [3.63, 3.8) is 0 Å². The summed E-state index contributed by atoms with van der Waals surface area (Å²) in [6.45, 7) is 3.06. The van der Waals surface area contributed by atoms with Gasteiger partial charge in [0, 0.05) is 18.6 Å². The maximum Gasteiger partial charge on any atom is 0.221 e. The molecule has 0 aromatic rings. The average molecular weight is 240 g/mol. The highest BCUT2D eigenvalue weighted by molar-refractivity contribution is 5.77.